The molecule has 0 aliphatic heterocycles. The molecule has 0 aromatic carbocycles. The van der Waals surface area contributed by atoms with Crippen LogP contribution in [-0.4, -0.2) is 39.2 Å². The van der Waals surface area contributed by atoms with Crippen LogP contribution in [0.25, 0.3) is 0 Å². The number of aryl methyl sites for hydroxylation is 1. The second-order valence-electron chi connectivity index (χ2n) is 5.31. The van der Waals surface area contributed by atoms with Crippen LogP contribution in [0.1, 0.15) is 23.9 Å². The van der Waals surface area contributed by atoms with E-state index in [1.54, 1.807) is 24.3 Å². The summed E-state index contributed by atoms with van der Waals surface area (Å²) < 4.78 is 0. The summed E-state index contributed by atoms with van der Waals surface area (Å²) >= 11 is 0. The van der Waals surface area contributed by atoms with Gasteiger partial charge < -0.3 is 10.2 Å². The molecule has 0 bridgehead atoms. The third kappa shape index (κ3) is 4.59. The smallest absolute Gasteiger partial charge is 0.317 e. The van der Waals surface area contributed by atoms with E-state index in [4.69, 9.17) is 0 Å². The number of hydrogen-bond acceptors (Lipinski definition) is 3. The highest BCUT2D eigenvalue weighted by molar-refractivity contribution is 5.74. The molecule has 2 N–H and O–H groups in total. The van der Waals surface area contributed by atoms with Crippen molar-refractivity contribution in [3.8, 4) is 0 Å². The van der Waals surface area contributed by atoms with Gasteiger partial charge in [0.1, 0.15) is 0 Å². The number of urea groups is 1. The van der Waals surface area contributed by atoms with Gasteiger partial charge in [0.05, 0.1) is 5.69 Å². The summed E-state index contributed by atoms with van der Waals surface area (Å²) in [6.45, 7) is 4.47. The van der Waals surface area contributed by atoms with Crippen LogP contribution in [0, 0.1) is 6.92 Å². The molecule has 0 saturated carbocycles. The van der Waals surface area contributed by atoms with E-state index in [0.717, 1.165) is 17.0 Å². The molecule has 2 aromatic rings. The van der Waals surface area contributed by atoms with Crippen LogP contribution < -0.4 is 5.32 Å². The fourth-order valence-corrected chi connectivity index (χ4v) is 2.10. The van der Waals surface area contributed by atoms with E-state index < -0.39 is 0 Å². The molecule has 1 atom stereocenters. The highest BCUT2D eigenvalue weighted by Gasteiger charge is 2.13. The van der Waals surface area contributed by atoms with E-state index in [0.29, 0.717) is 13.0 Å². The first-order valence-electron chi connectivity index (χ1n) is 6.96. The molecular formula is C15H21N5O. The first-order valence-corrected chi connectivity index (χ1v) is 6.96. The van der Waals surface area contributed by atoms with Crippen LogP contribution in [-0.2, 0) is 13.0 Å². The number of amides is 2. The molecule has 6 heteroatoms. The summed E-state index contributed by atoms with van der Waals surface area (Å²) in [5, 5.41) is 10.1. The van der Waals surface area contributed by atoms with E-state index in [-0.39, 0.29) is 12.1 Å². The minimum Gasteiger partial charge on any atom is -0.335 e. The Morgan fingerprint density at radius 3 is 2.95 bits per heavy atom. The molecule has 21 heavy (non-hydrogen) atoms. The number of nitrogens with zero attached hydrogens (tertiary/aromatic N) is 3. The Morgan fingerprint density at radius 2 is 2.33 bits per heavy atom. The fourth-order valence-electron chi connectivity index (χ4n) is 2.10. The standard InChI is InChI=1S/C15H21N5O/c1-11(7-14-8-12(2)18-19-14)17-15(21)20(3)10-13-5-4-6-16-9-13/h4-6,8-9,11H,7,10H2,1-3H3,(H,17,21)(H,18,19). The molecule has 0 aliphatic rings. The average Bonchev–Trinajstić information content (AvgIpc) is 2.84. The van der Waals surface area contributed by atoms with E-state index in [9.17, 15) is 4.79 Å². The zero-order chi connectivity index (χ0) is 15.2. The Labute approximate surface area is 124 Å². The molecule has 0 saturated heterocycles. The van der Waals surface area contributed by atoms with Crippen LogP contribution >= 0.6 is 0 Å². The van der Waals surface area contributed by atoms with Crippen molar-refractivity contribution >= 4 is 6.03 Å². The summed E-state index contributed by atoms with van der Waals surface area (Å²) in [6, 6.07) is 5.73. The molecule has 2 amide bonds. The molecule has 112 valence electrons. The van der Waals surface area contributed by atoms with Crippen molar-refractivity contribution in [1.29, 1.82) is 0 Å². The van der Waals surface area contributed by atoms with Crippen molar-refractivity contribution in [2.24, 2.45) is 0 Å². The molecule has 0 radical (unpaired) electrons. The van der Waals surface area contributed by atoms with E-state index in [2.05, 4.69) is 20.5 Å². The van der Waals surface area contributed by atoms with Crippen LogP contribution in [0.5, 0.6) is 0 Å². The second-order valence-corrected chi connectivity index (χ2v) is 5.31. The first-order chi connectivity index (χ1) is 10.0. The summed E-state index contributed by atoms with van der Waals surface area (Å²) in [5.41, 5.74) is 2.98. The van der Waals surface area contributed by atoms with Crippen molar-refractivity contribution in [2.75, 3.05) is 7.05 Å². The molecule has 0 spiro atoms. The maximum Gasteiger partial charge on any atom is 0.317 e. The average molecular weight is 287 g/mol. The molecular weight excluding hydrogens is 266 g/mol. The topological polar surface area (TPSA) is 73.9 Å². The van der Waals surface area contributed by atoms with E-state index >= 15 is 0 Å². The van der Waals surface area contributed by atoms with Crippen molar-refractivity contribution in [1.82, 2.24) is 25.4 Å². The number of carbonyl (C=O) groups is 1. The summed E-state index contributed by atoms with van der Waals surface area (Å²) in [7, 11) is 1.77. The lowest BCUT2D eigenvalue weighted by molar-refractivity contribution is 0.203. The Hall–Kier alpha value is -2.37. The van der Waals surface area contributed by atoms with Gasteiger partial charge in [-0.25, -0.2) is 4.79 Å². The molecule has 0 aliphatic carbocycles. The number of H-pyrrole nitrogens is 1. The lowest BCUT2D eigenvalue weighted by Crippen LogP contribution is -2.42. The van der Waals surface area contributed by atoms with Gasteiger partial charge in [0.25, 0.3) is 0 Å². The van der Waals surface area contributed by atoms with Gasteiger partial charge in [0, 0.05) is 44.1 Å². The van der Waals surface area contributed by atoms with Gasteiger partial charge in [-0.05, 0) is 31.5 Å². The molecule has 2 rings (SSSR count). The Balaban J connectivity index is 1.82. The Kier molecular flexibility index (Phi) is 4.92. The zero-order valence-electron chi connectivity index (χ0n) is 12.6. The van der Waals surface area contributed by atoms with Crippen molar-refractivity contribution < 1.29 is 4.79 Å². The van der Waals surface area contributed by atoms with Gasteiger partial charge in [0.2, 0.25) is 0 Å². The highest BCUT2D eigenvalue weighted by atomic mass is 16.2. The maximum atomic E-state index is 12.1. The van der Waals surface area contributed by atoms with Crippen LogP contribution in [0.2, 0.25) is 0 Å². The van der Waals surface area contributed by atoms with Crippen LogP contribution in [0.4, 0.5) is 4.79 Å². The number of nitrogens with one attached hydrogen (secondary N) is 2. The lowest BCUT2D eigenvalue weighted by Gasteiger charge is -2.21. The number of pyridine rings is 1. The minimum atomic E-state index is -0.0985. The summed E-state index contributed by atoms with van der Waals surface area (Å²) in [5.74, 6) is 0. The number of rotatable bonds is 5. The minimum absolute atomic E-state index is 0.0246. The van der Waals surface area contributed by atoms with Crippen molar-refractivity contribution in [3.63, 3.8) is 0 Å². The lowest BCUT2D eigenvalue weighted by atomic mass is 10.2. The van der Waals surface area contributed by atoms with E-state index in [1.165, 1.54) is 0 Å². The quantitative estimate of drug-likeness (QED) is 0.882. The van der Waals surface area contributed by atoms with Gasteiger partial charge in [-0.3, -0.25) is 10.1 Å². The second kappa shape index (κ2) is 6.88. The molecule has 0 fully saturated rings. The third-order valence-electron chi connectivity index (χ3n) is 3.13. The van der Waals surface area contributed by atoms with Crippen LogP contribution in [0.3, 0.4) is 0 Å². The van der Waals surface area contributed by atoms with Crippen molar-refractivity contribution in [2.45, 2.75) is 32.9 Å². The number of aromatic nitrogens is 3. The number of carbonyl (C=O) groups excluding carboxylic acids is 1. The largest absolute Gasteiger partial charge is 0.335 e. The van der Waals surface area contributed by atoms with Gasteiger partial charge in [-0.15, -0.1) is 0 Å². The highest BCUT2D eigenvalue weighted by Crippen LogP contribution is 2.04. The number of aromatic amines is 1. The zero-order valence-corrected chi connectivity index (χ0v) is 12.6. The van der Waals surface area contributed by atoms with E-state index in [1.807, 2.05) is 32.0 Å². The molecule has 2 aromatic heterocycles. The summed E-state index contributed by atoms with van der Waals surface area (Å²) in [4.78, 5) is 17.8. The molecule has 6 nitrogen and oxygen atoms in total. The SMILES string of the molecule is Cc1cc(CC(C)NC(=O)N(C)Cc2cccnc2)n[nH]1. The molecule has 1 unspecified atom stereocenters. The monoisotopic (exact) mass is 287 g/mol. The maximum absolute atomic E-state index is 12.1. The Bertz CT molecular complexity index is 581. The third-order valence-corrected chi connectivity index (χ3v) is 3.13. The first kappa shape index (κ1) is 15.0. The van der Waals surface area contributed by atoms with Gasteiger partial charge in [-0.2, -0.15) is 5.10 Å². The normalized spacial score (nSPS) is 12.0. The Morgan fingerprint density at radius 1 is 1.52 bits per heavy atom. The predicted molar refractivity (Wildman–Crippen MR) is 80.7 cm³/mol. The summed E-state index contributed by atoms with van der Waals surface area (Å²) in [6.07, 6.45) is 4.19. The van der Waals surface area contributed by atoms with Gasteiger partial charge >= 0.3 is 6.03 Å². The van der Waals surface area contributed by atoms with Gasteiger partial charge in [-0.1, -0.05) is 6.07 Å². The fraction of sp³-hybridized carbons (Fsp3) is 0.400. The number of hydrogen-bond donors (Lipinski definition) is 2. The molecule has 2 heterocycles. The van der Waals surface area contributed by atoms with Gasteiger partial charge in [0.15, 0.2) is 0 Å². The van der Waals surface area contributed by atoms with Crippen molar-refractivity contribution in [3.05, 3.63) is 47.5 Å². The van der Waals surface area contributed by atoms with Crippen LogP contribution in [0.15, 0.2) is 30.6 Å². The predicted octanol–water partition coefficient (Wildman–Crippen LogP) is 1.89.